The minimum atomic E-state index is 0.439. The van der Waals surface area contributed by atoms with Crippen LogP contribution in [0, 0.1) is 0 Å². The maximum Gasteiger partial charge on any atom is 0.117 e. The molecule has 4 nitrogen and oxygen atoms in total. The molecule has 0 aliphatic carbocycles. The molecule has 1 aromatic carbocycles. The average Bonchev–Trinajstić information content (AvgIpc) is 2.61. The highest BCUT2D eigenvalue weighted by atomic mass is 79.9. The van der Waals surface area contributed by atoms with Crippen LogP contribution in [0.4, 0.5) is 0 Å². The van der Waals surface area contributed by atoms with Crippen LogP contribution in [-0.4, -0.2) is 15.0 Å². The second-order valence-electron chi connectivity index (χ2n) is 3.22. The quantitative estimate of drug-likeness (QED) is 0.901. The molecule has 0 aliphatic rings. The molecule has 0 saturated heterocycles. The second kappa shape index (κ2) is 4.12. The van der Waals surface area contributed by atoms with E-state index in [2.05, 4.69) is 26.2 Å². The number of aromatic nitrogens is 3. The van der Waals surface area contributed by atoms with Gasteiger partial charge in [0, 0.05) is 23.6 Å². The fourth-order valence-electron chi connectivity index (χ4n) is 1.44. The zero-order valence-corrected chi connectivity index (χ0v) is 9.90. The van der Waals surface area contributed by atoms with Gasteiger partial charge in [-0.05, 0) is 12.1 Å². The molecule has 0 saturated carbocycles. The molecule has 78 valence electrons. The Kier molecular flexibility index (Phi) is 2.83. The van der Waals surface area contributed by atoms with Gasteiger partial charge in [-0.15, -0.1) is 5.10 Å². The van der Waals surface area contributed by atoms with Crippen LogP contribution in [0.2, 0.25) is 0 Å². The number of hydrogen-bond donors (Lipinski definition) is 1. The lowest BCUT2D eigenvalue weighted by atomic mass is 10.1. The second-order valence-corrected chi connectivity index (χ2v) is 4.14. The van der Waals surface area contributed by atoms with Gasteiger partial charge in [0.2, 0.25) is 0 Å². The van der Waals surface area contributed by atoms with Gasteiger partial charge in [0.25, 0.3) is 0 Å². The largest absolute Gasteiger partial charge is 0.325 e. The van der Waals surface area contributed by atoms with Gasteiger partial charge >= 0.3 is 0 Å². The summed E-state index contributed by atoms with van der Waals surface area (Å²) >= 11 is 3.39. The average molecular weight is 267 g/mol. The Labute approximate surface area is 96.2 Å². The van der Waals surface area contributed by atoms with Crippen molar-refractivity contribution in [2.45, 2.75) is 6.54 Å². The minimum absolute atomic E-state index is 0.439. The van der Waals surface area contributed by atoms with Crippen molar-refractivity contribution in [3.05, 3.63) is 34.4 Å². The van der Waals surface area contributed by atoms with Crippen molar-refractivity contribution in [3.8, 4) is 11.3 Å². The Morgan fingerprint density at radius 3 is 2.60 bits per heavy atom. The van der Waals surface area contributed by atoms with E-state index in [-0.39, 0.29) is 0 Å². The highest BCUT2D eigenvalue weighted by Crippen LogP contribution is 2.22. The summed E-state index contributed by atoms with van der Waals surface area (Å²) in [5.74, 6) is 0. The third kappa shape index (κ3) is 1.93. The van der Waals surface area contributed by atoms with Crippen LogP contribution in [0.3, 0.4) is 0 Å². The molecule has 0 aliphatic heterocycles. The van der Waals surface area contributed by atoms with E-state index < -0.39 is 0 Å². The molecule has 0 bridgehead atoms. The number of benzene rings is 1. The van der Waals surface area contributed by atoms with Crippen molar-refractivity contribution in [2.24, 2.45) is 12.8 Å². The topological polar surface area (TPSA) is 56.7 Å². The molecule has 0 fully saturated rings. The van der Waals surface area contributed by atoms with Gasteiger partial charge in [-0.1, -0.05) is 33.3 Å². The fourth-order valence-corrected chi connectivity index (χ4v) is 1.70. The number of rotatable bonds is 2. The first-order chi connectivity index (χ1) is 7.22. The lowest BCUT2D eigenvalue weighted by Gasteiger charge is -2.01. The zero-order chi connectivity index (χ0) is 10.8. The molecule has 0 amide bonds. The predicted octanol–water partition coefficient (Wildman–Crippen LogP) is 1.70. The monoisotopic (exact) mass is 266 g/mol. The van der Waals surface area contributed by atoms with Gasteiger partial charge in [-0.3, -0.25) is 4.68 Å². The number of nitrogens with two attached hydrogens (primary N) is 1. The number of hydrogen-bond acceptors (Lipinski definition) is 3. The summed E-state index contributed by atoms with van der Waals surface area (Å²) in [6, 6.07) is 7.94. The molecule has 2 aromatic rings. The van der Waals surface area contributed by atoms with E-state index in [9.17, 15) is 0 Å². The summed E-state index contributed by atoms with van der Waals surface area (Å²) < 4.78 is 2.75. The Morgan fingerprint density at radius 1 is 1.33 bits per heavy atom. The first kappa shape index (κ1) is 10.3. The van der Waals surface area contributed by atoms with Gasteiger partial charge in [-0.2, -0.15) is 0 Å². The Balaban J connectivity index is 2.49. The summed E-state index contributed by atoms with van der Waals surface area (Å²) in [6.45, 7) is 0.439. The van der Waals surface area contributed by atoms with Crippen LogP contribution in [0.25, 0.3) is 11.3 Å². The van der Waals surface area contributed by atoms with Crippen LogP contribution in [0.5, 0.6) is 0 Å². The van der Waals surface area contributed by atoms with E-state index in [1.807, 2.05) is 31.3 Å². The van der Waals surface area contributed by atoms with Crippen molar-refractivity contribution in [1.82, 2.24) is 15.0 Å². The van der Waals surface area contributed by atoms with E-state index in [0.29, 0.717) is 6.54 Å². The molecular formula is C10H11BrN4. The van der Waals surface area contributed by atoms with Crippen LogP contribution in [0.15, 0.2) is 28.7 Å². The zero-order valence-electron chi connectivity index (χ0n) is 8.31. The van der Waals surface area contributed by atoms with Crippen molar-refractivity contribution < 1.29 is 0 Å². The molecule has 15 heavy (non-hydrogen) atoms. The molecule has 1 aromatic heterocycles. The molecule has 1 heterocycles. The molecule has 2 rings (SSSR count). The molecule has 0 atom stereocenters. The van der Waals surface area contributed by atoms with Crippen molar-refractivity contribution in [3.63, 3.8) is 0 Å². The molecule has 5 heteroatoms. The summed E-state index contributed by atoms with van der Waals surface area (Å²) in [6.07, 6.45) is 0. The SMILES string of the molecule is Cn1nnc(-c2ccc(Br)cc2)c1CN. The Bertz CT molecular complexity index is 461. The third-order valence-electron chi connectivity index (χ3n) is 2.25. The van der Waals surface area contributed by atoms with Crippen LogP contribution in [-0.2, 0) is 13.6 Å². The standard InChI is InChI=1S/C10H11BrN4/c1-15-9(6-12)10(13-14-15)7-2-4-8(11)5-3-7/h2-5H,6,12H2,1H3. The van der Waals surface area contributed by atoms with E-state index in [1.165, 1.54) is 0 Å². The molecule has 2 N–H and O–H groups in total. The molecule has 0 spiro atoms. The first-order valence-corrected chi connectivity index (χ1v) is 5.36. The van der Waals surface area contributed by atoms with Gasteiger partial charge < -0.3 is 5.73 Å². The van der Waals surface area contributed by atoms with Crippen molar-refractivity contribution in [1.29, 1.82) is 0 Å². The summed E-state index contributed by atoms with van der Waals surface area (Å²) in [5.41, 5.74) is 8.48. The van der Waals surface area contributed by atoms with E-state index in [1.54, 1.807) is 4.68 Å². The lowest BCUT2D eigenvalue weighted by Crippen LogP contribution is -2.05. The molecule has 0 radical (unpaired) electrons. The fraction of sp³-hybridized carbons (Fsp3) is 0.200. The summed E-state index contributed by atoms with van der Waals surface area (Å²) in [7, 11) is 1.84. The highest BCUT2D eigenvalue weighted by Gasteiger charge is 2.10. The minimum Gasteiger partial charge on any atom is -0.325 e. The smallest absolute Gasteiger partial charge is 0.117 e. The van der Waals surface area contributed by atoms with Crippen LogP contribution < -0.4 is 5.73 Å². The van der Waals surface area contributed by atoms with E-state index in [0.717, 1.165) is 21.4 Å². The summed E-state index contributed by atoms with van der Waals surface area (Å²) in [4.78, 5) is 0. The number of halogens is 1. The third-order valence-corrected chi connectivity index (χ3v) is 2.78. The van der Waals surface area contributed by atoms with E-state index >= 15 is 0 Å². The Hall–Kier alpha value is -1.20. The van der Waals surface area contributed by atoms with Crippen LogP contribution in [0.1, 0.15) is 5.69 Å². The van der Waals surface area contributed by atoms with Gasteiger partial charge in [0.1, 0.15) is 5.69 Å². The number of aryl methyl sites for hydroxylation is 1. The molecular weight excluding hydrogens is 256 g/mol. The maximum absolute atomic E-state index is 5.65. The van der Waals surface area contributed by atoms with Gasteiger partial charge in [0.15, 0.2) is 0 Å². The van der Waals surface area contributed by atoms with Crippen molar-refractivity contribution in [2.75, 3.05) is 0 Å². The van der Waals surface area contributed by atoms with Gasteiger partial charge in [-0.25, -0.2) is 0 Å². The predicted molar refractivity (Wildman–Crippen MR) is 62.0 cm³/mol. The van der Waals surface area contributed by atoms with Crippen molar-refractivity contribution >= 4 is 15.9 Å². The lowest BCUT2D eigenvalue weighted by molar-refractivity contribution is 0.678. The highest BCUT2D eigenvalue weighted by molar-refractivity contribution is 9.10. The first-order valence-electron chi connectivity index (χ1n) is 4.57. The number of nitrogens with zero attached hydrogens (tertiary/aromatic N) is 3. The summed E-state index contributed by atoms with van der Waals surface area (Å²) in [5, 5.41) is 8.07. The molecule has 0 unspecified atom stereocenters. The maximum atomic E-state index is 5.65. The normalized spacial score (nSPS) is 10.6. The van der Waals surface area contributed by atoms with Gasteiger partial charge in [0.05, 0.1) is 5.69 Å². The van der Waals surface area contributed by atoms with E-state index in [4.69, 9.17) is 5.73 Å². The van der Waals surface area contributed by atoms with Crippen LogP contribution >= 0.6 is 15.9 Å². The Morgan fingerprint density at radius 2 is 2.00 bits per heavy atom.